The average Bonchev–Trinajstić information content (AvgIpc) is 2.39. The molecule has 4 heteroatoms. The zero-order valence-corrected chi connectivity index (χ0v) is 12.8. The molecule has 1 aromatic rings. The van der Waals surface area contributed by atoms with Gasteiger partial charge in [-0.3, -0.25) is 0 Å². The standard InChI is InChI=1S/C15H22ClN3/c1-11(2)19(9-5-8-17)15-7-6-13(10-14(15)16)12(3)18-4/h6-7,10-12,18H,5,9H2,1-4H3. The van der Waals surface area contributed by atoms with Gasteiger partial charge in [0.25, 0.3) is 0 Å². The maximum absolute atomic E-state index is 8.74. The van der Waals surface area contributed by atoms with E-state index in [0.29, 0.717) is 19.0 Å². The Balaban J connectivity index is 3.02. The predicted octanol–water partition coefficient (Wildman–Crippen LogP) is 3.75. The highest BCUT2D eigenvalue weighted by molar-refractivity contribution is 6.33. The van der Waals surface area contributed by atoms with Gasteiger partial charge in [-0.2, -0.15) is 5.26 Å². The fourth-order valence-corrected chi connectivity index (χ4v) is 2.32. The molecule has 1 unspecified atom stereocenters. The molecule has 0 aromatic heterocycles. The van der Waals surface area contributed by atoms with Crippen LogP contribution in [-0.2, 0) is 0 Å². The lowest BCUT2D eigenvalue weighted by Crippen LogP contribution is -2.31. The molecular formula is C15H22ClN3. The highest BCUT2D eigenvalue weighted by Crippen LogP contribution is 2.30. The Morgan fingerprint density at radius 2 is 2.05 bits per heavy atom. The van der Waals surface area contributed by atoms with Crippen LogP contribution in [-0.4, -0.2) is 19.6 Å². The summed E-state index contributed by atoms with van der Waals surface area (Å²) in [5.41, 5.74) is 2.17. The van der Waals surface area contributed by atoms with Crippen LogP contribution < -0.4 is 10.2 Å². The van der Waals surface area contributed by atoms with Crippen LogP contribution in [0, 0.1) is 11.3 Å². The molecule has 0 saturated heterocycles. The number of halogens is 1. The smallest absolute Gasteiger partial charge is 0.0643 e. The Hall–Kier alpha value is -1.24. The zero-order chi connectivity index (χ0) is 14.4. The number of nitrogens with zero attached hydrogens (tertiary/aromatic N) is 2. The van der Waals surface area contributed by atoms with Crippen LogP contribution in [0.5, 0.6) is 0 Å². The van der Waals surface area contributed by atoms with Gasteiger partial charge in [-0.1, -0.05) is 17.7 Å². The van der Waals surface area contributed by atoms with Gasteiger partial charge in [-0.25, -0.2) is 0 Å². The zero-order valence-electron chi connectivity index (χ0n) is 12.1. The molecule has 0 spiro atoms. The fourth-order valence-electron chi connectivity index (χ4n) is 2.02. The summed E-state index contributed by atoms with van der Waals surface area (Å²) in [5.74, 6) is 0. The first-order valence-electron chi connectivity index (χ1n) is 6.61. The number of benzene rings is 1. The second kappa shape index (κ2) is 7.37. The molecule has 104 valence electrons. The topological polar surface area (TPSA) is 39.1 Å². The van der Waals surface area contributed by atoms with Crippen LogP contribution in [0.15, 0.2) is 18.2 Å². The Morgan fingerprint density at radius 3 is 2.53 bits per heavy atom. The van der Waals surface area contributed by atoms with Crippen molar-refractivity contribution in [1.82, 2.24) is 5.32 Å². The number of hydrogen-bond acceptors (Lipinski definition) is 3. The quantitative estimate of drug-likeness (QED) is 0.862. The second-order valence-electron chi connectivity index (χ2n) is 4.92. The summed E-state index contributed by atoms with van der Waals surface area (Å²) in [6.07, 6.45) is 0.503. The van der Waals surface area contributed by atoms with E-state index in [1.165, 1.54) is 5.56 Å². The van der Waals surface area contributed by atoms with E-state index in [9.17, 15) is 0 Å². The first kappa shape index (κ1) is 15.8. The van der Waals surface area contributed by atoms with Gasteiger partial charge in [0.2, 0.25) is 0 Å². The highest BCUT2D eigenvalue weighted by atomic mass is 35.5. The van der Waals surface area contributed by atoms with Crippen LogP contribution in [0.4, 0.5) is 5.69 Å². The van der Waals surface area contributed by atoms with Gasteiger partial charge in [0.15, 0.2) is 0 Å². The SMILES string of the molecule is CNC(C)c1ccc(N(CCC#N)C(C)C)c(Cl)c1. The molecule has 1 N–H and O–H groups in total. The monoisotopic (exact) mass is 279 g/mol. The minimum Gasteiger partial charge on any atom is -0.367 e. The van der Waals surface area contributed by atoms with Crippen LogP contribution >= 0.6 is 11.6 Å². The van der Waals surface area contributed by atoms with Gasteiger partial charge in [-0.05, 0) is 45.5 Å². The van der Waals surface area contributed by atoms with Crippen molar-refractivity contribution in [3.8, 4) is 6.07 Å². The minimum absolute atomic E-state index is 0.276. The van der Waals surface area contributed by atoms with Crippen molar-refractivity contribution in [2.24, 2.45) is 0 Å². The molecule has 1 aromatic carbocycles. The van der Waals surface area contributed by atoms with E-state index in [1.807, 2.05) is 19.2 Å². The Kier molecular flexibility index (Phi) is 6.14. The van der Waals surface area contributed by atoms with Gasteiger partial charge >= 0.3 is 0 Å². The molecule has 0 heterocycles. The van der Waals surface area contributed by atoms with E-state index in [4.69, 9.17) is 16.9 Å². The van der Waals surface area contributed by atoms with Crippen molar-refractivity contribution < 1.29 is 0 Å². The summed E-state index contributed by atoms with van der Waals surface area (Å²) in [6.45, 7) is 7.02. The summed E-state index contributed by atoms with van der Waals surface area (Å²) >= 11 is 6.40. The van der Waals surface area contributed by atoms with Crippen molar-refractivity contribution in [2.75, 3.05) is 18.5 Å². The summed E-state index contributed by atoms with van der Waals surface area (Å²) in [5, 5.41) is 12.7. The second-order valence-corrected chi connectivity index (χ2v) is 5.32. The predicted molar refractivity (Wildman–Crippen MR) is 81.6 cm³/mol. The largest absolute Gasteiger partial charge is 0.367 e. The van der Waals surface area contributed by atoms with Crippen molar-refractivity contribution in [1.29, 1.82) is 5.26 Å². The fraction of sp³-hybridized carbons (Fsp3) is 0.533. The van der Waals surface area contributed by atoms with E-state index in [2.05, 4.69) is 43.1 Å². The molecule has 19 heavy (non-hydrogen) atoms. The summed E-state index contributed by atoms with van der Waals surface area (Å²) < 4.78 is 0. The number of hydrogen-bond donors (Lipinski definition) is 1. The molecule has 0 radical (unpaired) electrons. The summed E-state index contributed by atoms with van der Waals surface area (Å²) in [4.78, 5) is 2.17. The highest BCUT2D eigenvalue weighted by Gasteiger charge is 2.15. The maximum atomic E-state index is 8.74. The van der Waals surface area contributed by atoms with E-state index < -0.39 is 0 Å². The molecule has 0 aliphatic rings. The molecule has 0 saturated carbocycles. The van der Waals surface area contributed by atoms with E-state index in [-0.39, 0.29) is 6.04 Å². The average molecular weight is 280 g/mol. The third kappa shape index (κ3) is 4.12. The molecule has 0 fully saturated rings. The maximum Gasteiger partial charge on any atom is 0.0643 e. The number of anilines is 1. The van der Waals surface area contributed by atoms with Crippen LogP contribution in [0.1, 0.15) is 38.8 Å². The third-order valence-electron chi connectivity index (χ3n) is 3.30. The molecule has 0 bridgehead atoms. The Labute approximate surface area is 121 Å². The number of rotatable bonds is 6. The first-order chi connectivity index (χ1) is 9.01. The lowest BCUT2D eigenvalue weighted by molar-refractivity contribution is 0.651. The Bertz CT molecular complexity index is 451. The van der Waals surface area contributed by atoms with Crippen molar-refractivity contribution in [3.63, 3.8) is 0 Å². The summed E-state index contributed by atoms with van der Waals surface area (Å²) in [6, 6.07) is 8.91. The molecule has 1 atom stereocenters. The molecule has 3 nitrogen and oxygen atoms in total. The van der Waals surface area contributed by atoms with Gasteiger partial charge < -0.3 is 10.2 Å². The van der Waals surface area contributed by atoms with E-state index >= 15 is 0 Å². The van der Waals surface area contributed by atoms with Crippen LogP contribution in [0.25, 0.3) is 0 Å². The van der Waals surface area contributed by atoms with Gasteiger partial charge in [0.05, 0.1) is 23.2 Å². The van der Waals surface area contributed by atoms with E-state index in [0.717, 1.165) is 10.7 Å². The summed E-state index contributed by atoms with van der Waals surface area (Å²) in [7, 11) is 1.93. The molecule has 0 aliphatic heterocycles. The molecule has 0 amide bonds. The van der Waals surface area contributed by atoms with Crippen LogP contribution in [0.2, 0.25) is 5.02 Å². The van der Waals surface area contributed by atoms with Gasteiger partial charge in [-0.15, -0.1) is 0 Å². The lowest BCUT2D eigenvalue weighted by atomic mass is 10.1. The Morgan fingerprint density at radius 1 is 1.37 bits per heavy atom. The van der Waals surface area contributed by atoms with Crippen molar-refractivity contribution in [2.45, 2.75) is 39.3 Å². The van der Waals surface area contributed by atoms with Gasteiger partial charge in [0.1, 0.15) is 0 Å². The first-order valence-corrected chi connectivity index (χ1v) is 6.99. The molecule has 0 aliphatic carbocycles. The van der Waals surface area contributed by atoms with Crippen molar-refractivity contribution in [3.05, 3.63) is 28.8 Å². The van der Waals surface area contributed by atoms with Gasteiger partial charge in [0, 0.05) is 18.6 Å². The number of nitrogens with one attached hydrogen (secondary N) is 1. The molecule has 1 rings (SSSR count). The minimum atomic E-state index is 0.276. The lowest BCUT2D eigenvalue weighted by Gasteiger charge is -2.29. The van der Waals surface area contributed by atoms with Crippen molar-refractivity contribution >= 4 is 17.3 Å². The normalized spacial score (nSPS) is 12.3. The van der Waals surface area contributed by atoms with E-state index in [1.54, 1.807) is 0 Å². The third-order valence-corrected chi connectivity index (χ3v) is 3.60. The number of nitriles is 1. The molecular weight excluding hydrogens is 258 g/mol. The van der Waals surface area contributed by atoms with Crippen LogP contribution in [0.3, 0.4) is 0 Å².